The molecule has 78 valence electrons. The number of nitrogens with zero attached hydrogens (tertiary/aromatic N) is 2. The van der Waals surface area contributed by atoms with Gasteiger partial charge in [0.25, 0.3) is 0 Å². The van der Waals surface area contributed by atoms with E-state index in [1.54, 1.807) is 6.21 Å². The Hall–Kier alpha value is -1.05. The number of hydrogen-bond donors (Lipinski definition) is 0. The minimum atomic E-state index is 0.727. The molecule has 0 bridgehead atoms. The van der Waals surface area contributed by atoms with Gasteiger partial charge in [0.1, 0.15) is 0 Å². The maximum absolute atomic E-state index is 4.09. The van der Waals surface area contributed by atoms with Crippen LogP contribution in [-0.2, 0) is 0 Å². The third-order valence-corrected chi connectivity index (χ3v) is 2.88. The van der Waals surface area contributed by atoms with Gasteiger partial charge < -0.3 is 4.90 Å². The zero-order chi connectivity index (χ0) is 10.6. The molecule has 1 rings (SSSR count). The molecule has 0 aromatic rings. The van der Waals surface area contributed by atoms with Crippen LogP contribution < -0.4 is 0 Å². The summed E-state index contributed by atoms with van der Waals surface area (Å²) in [7, 11) is 2.15. The smallest absolute Gasteiger partial charge is 0.0371 e. The van der Waals surface area contributed by atoms with Gasteiger partial charge >= 0.3 is 0 Å². The molecule has 1 aliphatic rings. The van der Waals surface area contributed by atoms with Gasteiger partial charge in [-0.25, -0.2) is 0 Å². The van der Waals surface area contributed by atoms with Crippen molar-refractivity contribution in [1.29, 1.82) is 0 Å². The summed E-state index contributed by atoms with van der Waals surface area (Å²) < 4.78 is 0. The van der Waals surface area contributed by atoms with Gasteiger partial charge in [0.2, 0.25) is 0 Å². The van der Waals surface area contributed by atoms with E-state index >= 15 is 0 Å². The lowest BCUT2D eigenvalue weighted by Gasteiger charge is -2.13. The Kier molecular flexibility index (Phi) is 3.93. The van der Waals surface area contributed by atoms with Crippen molar-refractivity contribution < 1.29 is 0 Å². The summed E-state index contributed by atoms with van der Waals surface area (Å²) in [5.41, 5.74) is 2.83. The second kappa shape index (κ2) is 4.99. The molecule has 2 nitrogen and oxygen atoms in total. The molecule has 0 aliphatic carbocycles. The van der Waals surface area contributed by atoms with Crippen LogP contribution in [-0.4, -0.2) is 24.7 Å². The highest BCUT2D eigenvalue weighted by atomic mass is 15.1. The highest BCUT2D eigenvalue weighted by Gasteiger charge is 2.22. The Labute approximate surface area is 87.0 Å². The van der Waals surface area contributed by atoms with Gasteiger partial charge in [-0.05, 0) is 37.8 Å². The van der Waals surface area contributed by atoms with Crippen LogP contribution >= 0.6 is 0 Å². The summed E-state index contributed by atoms with van der Waals surface area (Å²) in [4.78, 5) is 6.40. The predicted molar refractivity (Wildman–Crippen MR) is 62.4 cm³/mol. The van der Waals surface area contributed by atoms with Crippen LogP contribution in [0.25, 0.3) is 0 Å². The van der Waals surface area contributed by atoms with Crippen molar-refractivity contribution in [3.8, 4) is 0 Å². The molecule has 14 heavy (non-hydrogen) atoms. The molecular formula is C12H20N2. The highest BCUT2D eigenvalue weighted by Crippen LogP contribution is 2.29. The van der Waals surface area contributed by atoms with E-state index < -0.39 is 0 Å². The molecule has 0 aromatic carbocycles. The van der Waals surface area contributed by atoms with E-state index in [1.807, 2.05) is 13.1 Å². The average molecular weight is 192 g/mol. The first-order valence-corrected chi connectivity index (χ1v) is 5.27. The largest absolute Gasteiger partial charge is 0.374 e. The van der Waals surface area contributed by atoms with Crippen LogP contribution in [0, 0.1) is 5.92 Å². The summed E-state index contributed by atoms with van der Waals surface area (Å²) >= 11 is 0. The van der Waals surface area contributed by atoms with Gasteiger partial charge in [0.05, 0.1) is 0 Å². The van der Waals surface area contributed by atoms with Gasteiger partial charge in [0, 0.05) is 31.7 Å². The maximum atomic E-state index is 4.09. The van der Waals surface area contributed by atoms with E-state index in [4.69, 9.17) is 0 Å². The van der Waals surface area contributed by atoms with Crippen molar-refractivity contribution in [3.63, 3.8) is 0 Å². The molecule has 0 fully saturated rings. The first-order chi connectivity index (χ1) is 6.70. The fourth-order valence-electron chi connectivity index (χ4n) is 1.97. The van der Waals surface area contributed by atoms with Gasteiger partial charge in [0.15, 0.2) is 0 Å². The molecule has 0 saturated heterocycles. The highest BCUT2D eigenvalue weighted by molar-refractivity contribution is 5.54. The third-order valence-electron chi connectivity index (χ3n) is 2.88. The summed E-state index contributed by atoms with van der Waals surface area (Å²) in [5, 5.41) is 0. The minimum Gasteiger partial charge on any atom is -0.374 e. The average Bonchev–Trinajstić information content (AvgIpc) is 2.45. The quantitative estimate of drug-likeness (QED) is 0.628. The van der Waals surface area contributed by atoms with E-state index in [0.717, 1.165) is 12.5 Å². The van der Waals surface area contributed by atoms with Gasteiger partial charge in [-0.2, -0.15) is 0 Å². The minimum absolute atomic E-state index is 0.727. The van der Waals surface area contributed by atoms with E-state index in [2.05, 4.69) is 36.9 Å². The first kappa shape index (κ1) is 11.0. The van der Waals surface area contributed by atoms with E-state index in [-0.39, 0.29) is 0 Å². The van der Waals surface area contributed by atoms with Crippen LogP contribution in [0.15, 0.2) is 28.5 Å². The van der Waals surface area contributed by atoms with Crippen LogP contribution in [0.4, 0.5) is 0 Å². The number of allylic oxidation sites excluding steroid dienone is 1. The maximum Gasteiger partial charge on any atom is 0.0371 e. The lowest BCUT2D eigenvalue weighted by Crippen LogP contribution is -2.15. The summed E-state index contributed by atoms with van der Waals surface area (Å²) in [6.45, 7) is 7.56. The van der Waals surface area contributed by atoms with Crippen LogP contribution in [0.1, 0.15) is 27.2 Å². The second-order valence-corrected chi connectivity index (χ2v) is 3.78. The Morgan fingerprint density at radius 1 is 1.57 bits per heavy atom. The van der Waals surface area contributed by atoms with E-state index in [9.17, 15) is 0 Å². The fourth-order valence-corrected chi connectivity index (χ4v) is 1.97. The predicted octanol–water partition coefficient (Wildman–Crippen LogP) is 2.84. The topological polar surface area (TPSA) is 15.6 Å². The number of likely N-dealkylation sites (N-methyl/N-ethyl adjacent to an activating group) is 1. The van der Waals surface area contributed by atoms with Crippen molar-refractivity contribution in [2.75, 3.05) is 13.6 Å². The number of hydrogen-bond acceptors (Lipinski definition) is 2. The zero-order valence-electron chi connectivity index (χ0n) is 9.62. The van der Waals surface area contributed by atoms with Crippen LogP contribution in [0.3, 0.4) is 0 Å². The summed E-state index contributed by atoms with van der Waals surface area (Å²) in [6.07, 6.45) is 7.00. The van der Waals surface area contributed by atoms with Crippen molar-refractivity contribution in [3.05, 3.63) is 23.5 Å². The van der Waals surface area contributed by atoms with Crippen molar-refractivity contribution >= 4 is 6.21 Å². The Bertz CT molecular complexity index is 274. The molecule has 0 saturated carbocycles. The Morgan fingerprint density at radius 3 is 2.79 bits per heavy atom. The number of rotatable bonds is 3. The van der Waals surface area contributed by atoms with Crippen molar-refractivity contribution in [2.24, 2.45) is 10.9 Å². The lowest BCUT2D eigenvalue weighted by molar-refractivity contribution is 0.413. The van der Waals surface area contributed by atoms with Crippen molar-refractivity contribution in [1.82, 2.24) is 4.90 Å². The summed E-state index contributed by atoms with van der Waals surface area (Å²) in [6, 6.07) is 0. The van der Waals surface area contributed by atoms with Gasteiger partial charge in [-0.15, -0.1) is 0 Å². The molecule has 0 spiro atoms. The zero-order valence-corrected chi connectivity index (χ0v) is 9.62. The Morgan fingerprint density at radius 2 is 2.29 bits per heavy atom. The molecule has 1 heterocycles. The fraction of sp³-hybridized carbons (Fsp3) is 0.583. The van der Waals surface area contributed by atoms with Crippen LogP contribution in [0.5, 0.6) is 0 Å². The molecule has 2 heteroatoms. The molecule has 1 unspecified atom stereocenters. The molecule has 0 N–H and O–H groups in total. The second-order valence-electron chi connectivity index (χ2n) is 3.78. The third kappa shape index (κ3) is 2.25. The first-order valence-electron chi connectivity index (χ1n) is 5.27. The van der Waals surface area contributed by atoms with Crippen LogP contribution in [0.2, 0.25) is 0 Å². The van der Waals surface area contributed by atoms with Gasteiger partial charge in [-0.3, -0.25) is 4.99 Å². The standard InChI is InChI=1S/C12H20N2/c1-5-11-9-14(4)12(10(11)3)7-8-13-6-2/h6-8,11H,5,9H2,1-4H3/b8-7-,13-6-. The molecule has 0 aromatic heterocycles. The summed E-state index contributed by atoms with van der Waals surface area (Å²) in [5.74, 6) is 0.727. The lowest BCUT2D eigenvalue weighted by atomic mass is 10.00. The van der Waals surface area contributed by atoms with Gasteiger partial charge in [-0.1, -0.05) is 6.92 Å². The van der Waals surface area contributed by atoms with Crippen molar-refractivity contribution in [2.45, 2.75) is 27.2 Å². The number of aliphatic imine (C=N–C) groups is 1. The van der Waals surface area contributed by atoms with E-state index in [0.29, 0.717) is 0 Å². The van der Waals surface area contributed by atoms with E-state index in [1.165, 1.54) is 17.7 Å². The molecule has 1 aliphatic heterocycles. The normalized spacial score (nSPS) is 23.4. The molecule has 0 radical (unpaired) electrons. The SMILES string of the molecule is C/C=N\C=C/C1=C(C)C(CC)CN1C. The Balaban J connectivity index is 2.79. The monoisotopic (exact) mass is 192 g/mol. The molecular weight excluding hydrogens is 172 g/mol. The molecule has 0 amide bonds. The molecule has 1 atom stereocenters.